The first kappa shape index (κ1) is 13.4. The number of aliphatic hydroxyl groups is 1. The van der Waals surface area contributed by atoms with Gasteiger partial charge in [-0.15, -0.1) is 0 Å². The van der Waals surface area contributed by atoms with E-state index in [0.29, 0.717) is 12.2 Å². The first-order valence-corrected chi connectivity index (χ1v) is 5.38. The molecule has 1 aromatic carbocycles. The standard InChI is InChI=1S/C11H16N2O4/c1-2-5-17-11-8(6-12)3-4-9(7-14)10(11)13(15)16/h3-4,14H,2,5-7,12H2,1H3. The lowest BCUT2D eigenvalue weighted by Gasteiger charge is -2.12. The molecule has 0 aliphatic rings. The van der Waals surface area contributed by atoms with Gasteiger partial charge < -0.3 is 15.6 Å². The van der Waals surface area contributed by atoms with Gasteiger partial charge in [-0.2, -0.15) is 0 Å². The zero-order valence-electron chi connectivity index (χ0n) is 9.68. The molecule has 0 aliphatic carbocycles. The lowest BCUT2D eigenvalue weighted by Crippen LogP contribution is -2.08. The molecule has 0 fully saturated rings. The molecule has 0 radical (unpaired) electrons. The fourth-order valence-electron chi connectivity index (χ4n) is 1.51. The van der Waals surface area contributed by atoms with Crippen LogP contribution in [0.2, 0.25) is 0 Å². The lowest BCUT2D eigenvalue weighted by atomic mass is 10.1. The minimum absolute atomic E-state index is 0.158. The van der Waals surface area contributed by atoms with Crippen molar-refractivity contribution in [1.29, 1.82) is 0 Å². The molecule has 0 atom stereocenters. The number of nitro groups is 1. The average molecular weight is 240 g/mol. The van der Waals surface area contributed by atoms with Crippen molar-refractivity contribution in [2.24, 2.45) is 5.73 Å². The number of nitrogens with two attached hydrogens (primary N) is 1. The Labute approximate surface area is 99.2 Å². The average Bonchev–Trinajstić information content (AvgIpc) is 2.34. The maximum Gasteiger partial charge on any atom is 0.316 e. The Morgan fingerprint density at radius 3 is 2.59 bits per heavy atom. The summed E-state index contributed by atoms with van der Waals surface area (Å²) < 4.78 is 5.38. The Kier molecular flexibility index (Phi) is 4.86. The van der Waals surface area contributed by atoms with Crippen LogP contribution in [-0.2, 0) is 13.2 Å². The number of hydrogen-bond acceptors (Lipinski definition) is 5. The van der Waals surface area contributed by atoms with Crippen molar-refractivity contribution >= 4 is 5.69 Å². The summed E-state index contributed by atoms with van der Waals surface area (Å²) in [5, 5.41) is 20.1. The Morgan fingerprint density at radius 2 is 2.12 bits per heavy atom. The summed E-state index contributed by atoms with van der Waals surface area (Å²) in [6.07, 6.45) is 0.741. The number of nitrogens with zero attached hydrogens (tertiary/aromatic N) is 1. The third kappa shape index (κ3) is 2.92. The van der Waals surface area contributed by atoms with Crippen LogP contribution >= 0.6 is 0 Å². The van der Waals surface area contributed by atoms with Gasteiger partial charge in [0.15, 0.2) is 0 Å². The van der Waals surface area contributed by atoms with Gasteiger partial charge in [0.25, 0.3) is 0 Å². The fraction of sp³-hybridized carbons (Fsp3) is 0.455. The summed E-state index contributed by atoms with van der Waals surface area (Å²) in [6, 6.07) is 3.14. The largest absolute Gasteiger partial charge is 0.487 e. The summed E-state index contributed by atoms with van der Waals surface area (Å²) in [5.41, 5.74) is 6.13. The van der Waals surface area contributed by atoms with Crippen LogP contribution in [0.25, 0.3) is 0 Å². The Morgan fingerprint density at radius 1 is 1.47 bits per heavy atom. The highest BCUT2D eigenvalue weighted by Gasteiger charge is 2.23. The number of benzene rings is 1. The van der Waals surface area contributed by atoms with Gasteiger partial charge in [0.1, 0.15) is 0 Å². The van der Waals surface area contributed by atoms with Crippen LogP contribution in [0.4, 0.5) is 5.69 Å². The molecular weight excluding hydrogens is 224 g/mol. The van der Waals surface area contributed by atoms with Crippen LogP contribution in [0.1, 0.15) is 24.5 Å². The summed E-state index contributed by atoms with van der Waals surface area (Å²) in [4.78, 5) is 10.5. The van der Waals surface area contributed by atoms with Gasteiger partial charge in [-0.3, -0.25) is 10.1 Å². The predicted octanol–water partition coefficient (Wildman–Crippen LogP) is 1.33. The molecule has 3 N–H and O–H groups in total. The molecular formula is C11H16N2O4. The van der Waals surface area contributed by atoms with E-state index in [1.807, 2.05) is 6.92 Å². The smallest absolute Gasteiger partial charge is 0.316 e. The minimum atomic E-state index is -0.546. The number of nitro benzene ring substituents is 1. The van der Waals surface area contributed by atoms with Crippen LogP contribution in [-0.4, -0.2) is 16.6 Å². The quantitative estimate of drug-likeness (QED) is 0.577. The maximum absolute atomic E-state index is 11.0. The first-order chi connectivity index (χ1) is 8.15. The van der Waals surface area contributed by atoms with Crippen LogP contribution < -0.4 is 10.5 Å². The summed E-state index contributed by atoms with van der Waals surface area (Å²) in [6.45, 7) is 2.04. The van der Waals surface area contributed by atoms with Crippen LogP contribution in [0.3, 0.4) is 0 Å². The van der Waals surface area contributed by atoms with Crippen molar-refractivity contribution in [3.05, 3.63) is 33.4 Å². The van der Waals surface area contributed by atoms with Gasteiger partial charge in [0.05, 0.1) is 23.7 Å². The Bertz CT molecular complexity index is 407. The van der Waals surface area contributed by atoms with E-state index < -0.39 is 11.5 Å². The van der Waals surface area contributed by atoms with Crippen molar-refractivity contribution in [2.75, 3.05) is 6.61 Å². The second-order valence-corrected chi connectivity index (χ2v) is 3.53. The number of ether oxygens (including phenoxy) is 1. The van der Waals surface area contributed by atoms with Crippen molar-refractivity contribution in [3.8, 4) is 5.75 Å². The van der Waals surface area contributed by atoms with E-state index >= 15 is 0 Å². The van der Waals surface area contributed by atoms with E-state index in [9.17, 15) is 10.1 Å². The highest BCUT2D eigenvalue weighted by atomic mass is 16.6. The monoisotopic (exact) mass is 240 g/mol. The predicted molar refractivity (Wildman–Crippen MR) is 62.7 cm³/mol. The van der Waals surface area contributed by atoms with E-state index in [2.05, 4.69) is 0 Å². The van der Waals surface area contributed by atoms with Gasteiger partial charge in [-0.1, -0.05) is 13.0 Å². The lowest BCUT2D eigenvalue weighted by molar-refractivity contribution is -0.386. The van der Waals surface area contributed by atoms with Crippen molar-refractivity contribution in [3.63, 3.8) is 0 Å². The molecule has 0 spiro atoms. The molecule has 0 unspecified atom stereocenters. The van der Waals surface area contributed by atoms with Crippen LogP contribution in [0.5, 0.6) is 5.75 Å². The van der Waals surface area contributed by atoms with E-state index in [1.54, 1.807) is 6.07 Å². The molecule has 0 saturated heterocycles. The number of aliphatic hydroxyl groups excluding tert-OH is 1. The van der Waals surface area contributed by atoms with Gasteiger partial charge in [-0.05, 0) is 12.5 Å². The van der Waals surface area contributed by atoms with Crippen molar-refractivity contribution < 1.29 is 14.8 Å². The zero-order valence-corrected chi connectivity index (χ0v) is 9.68. The van der Waals surface area contributed by atoms with Crippen LogP contribution in [0, 0.1) is 10.1 Å². The van der Waals surface area contributed by atoms with E-state index in [4.69, 9.17) is 15.6 Å². The normalized spacial score (nSPS) is 10.3. The molecule has 94 valence electrons. The third-order valence-electron chi connectivity index (χ3n) is 2.32. The maximum atomic E-state index is 11.0. The fourth-order valence-corrected chi connectivity index (χ4v) is 1.51. The second-order valence-electron chi connectivity index (χ2n) is 3.53. The number of hydrogen-bond donors (Lipinski definition) is 2. The van der Waals surface area contributed by atoms with E-state index in [-0.39, 0.29) is 23.5 Å². The Hall–Kier alpha value is -1.66. The molecule has 0 bridgehead atoms. The molecule has 0 aromatic heterocycles. The van der Waals surface area contributed by atoms with Gasteiger partial charge in [0.2, 0.25) is 5.75 Å². The molecule has 0 amide bonds. The van der Waals surface area contributed by atoms with E-state index in [1.165, 1.54) is 6.07 Å². The summed E-state index contributed by atoms with van der Waals surface area (Å²) in [5.74, 6) is 0.172. The van der Waals surface area contributed by atoms with Crippen molar-refractivity contribution in [2.45, 2.75) is 26.5 Å². The zero-order chi connectivity index (χ0) is 12.8. The highest BCUT2D eigenvalue weighted by Crippen LogP contribution is 2.34. The van der Waals surface area contributed by atoms with Gasteiger partial charge in [0, 0.05) is 12.1 Å². The molecule has 0 aliphatic heterocycles. The molecule has 1 rings (SSSR count). The molecule has 17 heavy (non-hydrogen) atoms. The molecule has 0 heterocycles. The summed E-state index contributed by atoms with van der Waals surface area (Å²) in [7, 11) is 0. The third-order valence-corrected chi connectivity index (χ3v) is 2.32. The molecule has 0 saturated carbocycles. The summed E-state index contributed by atoms with van der Waals surface area (Å²) >= 11 is 0. The molecule has 6 nitrogen and oxygen atoms in total. The van der Waals surface area contributed by atoms with E-state index in [0.717, 1.165) is 6.42 Å². The van der Waals surface area contributed by atoms with Gasteiger partial charge in [-0.25, -0.2) is 0 Å². The van der Waals surface area contributed by atoms with Crippen molar-refractivity contribution in [1.82, 2.24) is 0 Å². The molecule has 1 aromatic rings. The topological polar surface area (TPSA) is 98.6 Å². The molecule has 6 heteroatoms. The minimum Gasteiger partial charge on any atom is -0.487 e. The second kappa shape index (κ2) is 6.17. The Balaban J connectivity index is 3.30. The van der Waals surface area contributed by atoms with Gasteiger partial charge >= 0.3 is 5.69 Å². The highest BCUT2D eigenvalue weighted by molar-refractivity contribution is 5.57. The van der Waals surface area contributed by atoms with Crippen LogP contribution in [0.15, 0.2) is 12.1 Å². The first-order valence-electron chi connectivity index (χ1n) is 5.38. The SMILES string of the molecule is CCCOc1c(CN)ccc(CO)c1[N+](=O)[O-]. The number of rotatable bonds is 6.